The fraction of sp³-hybridized carbons (Fsp3) is 0.353. The highest BCUT2D eigenvalue weighted by atomic mass is 32.2. The fourth-order valence-electron chi connectivity index (χ4n) is 2.17. The Morgan fingerprint density at radius 1 is 1.17 bits per heavy atom. The van der Waals surface area contributed by atoms with E-state index in [-0.39, 0.29) is 4.90 Å². The largest absolute Gasteiger partial charge is 0.370 e. The second-order valence-electron chi connectivity index (χ2n) is 5.94. The SMILES string of the molecule is Cc1cccc(S(=O)(=O)Nc2ccc(NCCCN(C)C)nc2)c1. The van der Waals surface area contributed by atoms with Crippen molar-refractivity contribution in [3.8, 4) is 0 Å². The van der Waals surface area contributed by atoms with Gasteiger partial charge in [-0.2, -0.15) is 0 Å². The van der Waals surface area contributed by atoms with E-state index in [0.717, 1.165) is 30.9 Å². The van der Waals surface area contributed by atoms with Crippen LogP contribution in [0.2, 0.25) is 0 Å². The van der Waals surface area contributed by atoms with E-state index < -0.39 is 10.0 Å². The van der Waals surface area contributed by atoms with E-state index in [9.17, 15) is 8.42 Å². The van der Waals surface area contributed by atoms with Crippen LogP contribution in [0.4, 0.5) is 11.5 Å². The summed E-state index contributed by atoms with van der Waals surface area (Å²) in [5.41, 5.74) is 1.34. The van der Waals surface area contributed by atoms with E-state index >= 15 is 0 Å². The average Bonchev–Trinajstić information content (AvgIpc) is 2.52. The fourth-order valence-corrected chi connectivity index (χ4v) is 3.31. The maximum absolute atomic E-state index is 12.4. The molecule has 1 heterocycles. The van der Waals surface area contributed by atoms with Crippen molar-refractivity contribution in [1.29, 1.82) is 0 Å². The Balaban J connectivity index is 1.96. The van der Waals surface area contributed by atoms with Crippen molar-refractivity contribution >= 4 is 21.5 Å². The average molecular weight is 348 g/mol. The number of rotatable bonds is 8. The molecule has 6 nitrogen and oxygen atoms in total. The van der Waals surface area contributed by atoms with Crippen LogP contribution < -0.4 is 10.0 Å². The van der Waals surface area contributed by atoms with Gasteiger partial charge in [-0.05, 0) is 63.8 Å². The Labute approximate surface area is 144 Å². The maximum Gasteiger partial charge on any atom is 0.261 e. The minimum absolute atomic E-state index is 0.244. The highest BCUT2D eigenvalue weighted by Gasteiger charge is 2.14. The molecule has 1 aromatic heterocycles. The lowest BCUT2D eigenvalue weighted by atomic mass is 10.2. The molecule has 0 aliphatic rings. The number of anilines is 2. The Kier molecular flexibility index (Phi) is 6.16. The van der Waals surface area contributed by atoms with Gasteiger partial charge in [0, 0.05) is 6.54 Å². The molecule has 130 valence electrons. The monoisotopic (exact) mass is 348 g/mol. The van der Waals surface area contributed by atoms with Crippen molar-refractivity contribution in [1.82, 2.24) is 9.88 Å². The van der Waals surface area contributed by atoms with Gasteiger partial charge >= 0.3 is 0 Å². The number of hydrogen-bond acceptors (Lipinski definition) is 5. The van der Waals surface area contributed by atoms with E-state index in [1.165, 1.54) is 6.20 Å². The molecular formula is C17H24N4O2S. The van der Waals surface area contributed by atoms with Gasteiger partial charge in [-0.3, -0.25) is 4.72 Å². The van der Waals surface area contributed by atoms with Crippen molar-refractivity contribution in [2.24, 2.45) is 0 Å². The highest BCUT2D eigenvalue weighted by molar-refractivity contribution is 7.92. The van der Waals surface area contributed by atoms with Gasteiger partial charge in [0.2, 0.25) is 0 Å². The quantitative estimate of drug-likeness (QED) is 0.717. The van der Waals surface area contributed by atoms with Crippen LogP contribution >= 0.6 is 0 Å². The van der Waals surface area contributed by atoms with Crippen LogP contribution in [-0.4, -0.2) is 45.5 Å². The van der Waals surface area contributed by atoms with Gasteiger partial charge in [-0.25, -0.2) is 13.4 Å². The molecule has 1 aromatic carbocycles. The molecule has 0 spiro atoms. The molecule has 0 bridgehead atoms. The molecule has 7 heteroatoms. The number of aromatic nitrogens is 1. The predicted octanol–water partition coefficient (Wildman–Crippen LogP) is 2.55. The molecule has 0 fully saturated rings. The first-order valence-electron chi connectivity index (χ1n) is 7.81. The van der Waals surface area contributed by atoms with Crippen LogP contribution in [0.15, 0.2) is 47.5 Å². The first-order chi connectivity index (χ1) is 11.4. The smallest absolute Gasteiger partial charge is 0.261 e. The van der Waals surface area contributed by atoms with Gasteiger partial charge in [0.25, 0.3) is 10.0 Å². The third-order valence-corrected chi connectivity index (χ3v) is 4.78. The summed E-state index contributed by atoms with van der Waals surface area (Å²) >= 11 is 0. The highest BCUT2D eigenvalue weighted by Crippen LogP contribution is 2.17. The van der Waals surface area contributed by atoms with E-state index in [4.69, 9.17) is 0 Å². The van der Waals surface area contributed by atoms with Gasteiger partial charge in [-0.15, -0.1) is 0 Å². The Bertz CT molecular complexity index is 758. The second kappa shape index (κ2) is 8.12. The number of aryl methyl sites for hydroxylation is 1. The van der Waals surface area contributed by atoms with Gasteiger partial charge in [0.15, 0.2) is 0 Å². The topological polar surface area (TPSA) is 74.3 Å². The Morgan fingerprint density at radius 3 is 2.58 bits per heavy atom. The zero-order valence-corrected chi connectivity index (χ0v) is 15.1. The summed E-state index contributed by atoms with van der Waals surface area (Å²) in [4.78, 5) is 6.61. The van der Waals surface area contributed by atoms with Crippen LogP contribution in [0.3, 0.4) is 0 Å². The Hall–Kier alpha value is -2.12. The zero-order chi connectivity index (χ0) is 17.6. The van der Waals surface area contributed by atoms with Crippen LogP contribution in [0.25, 0.3) is 0 Å². The van der Waals surface area contributed by atoms with Gasteiger partial charge < -0.3 is 10.2 Å². The van der Waals surface area contributed by atoms with Crippen molar-refractivity contribution in [2.75, 3.05) is 37.2 Å². The van der Waals surface area contributed by atoms with Crippen molar-refractivity contribution < 1.29 is 8.42 Å². The molecule has 0 radical (unpaired) electrons. The molecule has 0 saturated carbocycles. The van der Waals surface area contributed by atoms with Crippen molar-refractivity contribution in [3.63, 3.8) is 0 Å². The molecule has 0 unspecified atom stereocenters. The number of nitrogens with one attached hydrogen (secondary N) is 2. The molecule has 2 aromatic rings. The zero-order valence-electron chi connectivity index (χ0n) is 14.3. The summed E-state index contributed by atoms with van der Waals surface area (Å²) < 4.78 is 27.3. The molecule has 2 rings (SSSR count). The van der Waals surface area contributed by atoms with Crippen molar-refractivity contribution in [3.05, 3.63) is 48.2 Å². The lowest BCUT2D eigenvalue weighted by Gasteiger charge is -2.11. The van der Waals surface area contributed by atoms with Gasteiger partial charge in [0.05, 0.1) is 16.8 Å². The van der Waals surface area contributed by atoms with E-state index in [1.54, 1.807) is 30.3 Å². The molecule has 0 saturated heterocycles. The summed E-state index contributed by atoms with van der Waals surface area (Å²) in [5, 5.41) is 3.21. The number of benzene rings is 1. The summed E-state index contributed by atoms with van der Waals surface area (Å²) in [6.07, 6.45) is 2.53. The molecule has 0 aliphatic carbocycles. The molecular weight excluding hydrogens is 324 g/mol. The van der Waals surface area contributed by atoms with E-state index in [1.807, 2.05) is 27.1 Å². The molecule has 0 atom stereocenters. The summed E-state index contributed by atoms with van der Waals surface area (Å²) in [7, 11) is 0.475. The third kappa shape index (κ3) is 5.50. The lowest BCUT2D eigenvalue weighted by molar-refractivity contribution is 0.405. The van der Waals surface area contributed by atoms with Crippen LogP contribution in [0.1, 0.15) is 12.0 Å². The molecule has 24 heavy (non-hydrogen) atoms. The summed E-state index contributed by atoms with van der Waals surface area (Å²) in [5.74, 6) is 0.729. The van der Waals surface area contributed by atoms with Crippen molar-refractivity contribution in [2.45, 2.75) is 18.2 Å². The Morgan fingerprint density at radius 2 is 1.96 bits per heavy atom. The number of pyridine rings is 1. The number of hydrogen-bond donors (Lipinski definition) is 2. The first kappa shape index (κ1) is 18.2. The van der Waals surface area contributed by atoms with Gasteiger partial charge in [0.1, 0.15) is 5.82 Å². The predicted molar refractivity (Wildman–Crippen MR) is 97.9 cm³/mol. The normalized spacial score (nSPS) is 11.5. The minimum Gasteiger partial charge on any atom is -0.370 e. The summed E-state index contributed by atoms with van der Waals surface area (Å²) in [6, 6.07) is 10.3. The van der Waals surface area contributed by atoms with Crippen LogP contribution in [-0.2, 0) is 10.0 Å². The second-order valence-corrected chi connectivity index (χ2v) is 7.62. The maximum atomic E-state index is 12.4. The number of nitrogens with zero attached hydrogens (tertiary/aromatic N) is 2. The standard InChI is InChI=1S/C17H24N4O2S/c1-14-6-4-7-16(12-14)24(22,23)20-15-8-9-17(19-13-15)18-10-5-11-21(2)3/h4,6-9,12-13,20H,5,10-11H2,1-3H3,(H,18,19). The molecule has 0 amide bonds. The molecule has 2 N–H and O–H groups in total. The van der Waals surface area contributed by atoms with E-state index in [2.05, 4.69) is 19.9 Å². The van der Waals surface area contributed by atoms with E-state index in [0.29, 0.717) is 5.69 Å². The summed E-state index contributed by atoms with van der Waals surface area (Å²) in [6.45, 7) is 3.68. The molecule has 0 aliphatic heterocycles. The lowest BCUT2D eigenvalue weighted by Crippen LogP contribution is -2.16. The minimum atomic E-state index is -3.60. The number of sulfonamides is 1. The van der Waals surface area contributed by atoms with Crippen LogP contribution in [0.5, 0.6) is 0 Å². The first-order valence-corrected chi connectivity index (χ1v) is 9.29. The van der Waals surface area contributed by atoms with Gasteiger partial charge in [-0.1, -0.05) is 12.1 Å². The van der Waals surface area contributed by atoms with Crippen LogP contribution in [0, 0.1) is 6.92 Å². The third-order valence-electron chi connectivity index (χ3n) is 3.40.